The predicted octanol–water partition coefficient (Wildman–Crippen LogP) is 2.47. The number of aromatic nitrogens is 2. The lowest BCUT2D eigenvalue weighted by molar-refractivity contribution is -0.126. The maximum atomic E-state index is 12.8. The maximum absolute atomic E-state index is 12.8. The fourth-order valence-corrected chi connectivity index (χ4v) is 2.50. The van der Waals surface area contributed by atoms with E-state index in [-0.39, 0.29) is 12.2 Å². The quantitative estimate of drug-likeness (QED) is 0.511. The molecule has 142 valence electrons. The zero-order chi connectivity index (χ0) is 19.8. The molecule has 3 aromatic rings. The van der Waals surface area contributed by atoms with Gasteiger partial charge in [0.25, 0.3) is 5.91 Å². The van der Waals surface area contributed by atoms with Crippen molar-refractivity contribution in [3.05, 3.63) is 95.6 Å². The molecule has 0 spiro atoms. The molecule has 0 saturated heterocycles. The molecule has 1 heterocycles. The fraction of sp³-hybridized carbons (Fsp3) is 0.0952. The van der Waals surface area contributed by atoms with E-state index in [1.807, 2.05) is 36.5 Å². The van der Waals surface area contributed by atoms with Crippen LogP contribution in [0.25, 0.3) is 6.08 Å². The van der Waals surface area contributed by atoms with Crippen LogP contribution in [-0.2, 0) is 22.6 Å². The highest BCUT2D eigenvalue weighted by molar-refractivity contribution is 5.93. The monoisotopic (exact) mass is 378 g/mol. The van der Waals surface area contributed by atoms with Crippen molar-refractivity contribution in [3.8, 4) is 0 Å². The van der Waals surface area contributed by atoms with Gasteiger partial charge in [-0.2, -0.15) is 5.10 Å². The van der Waals surface area contributed by atoms with Crippen molar-refractivity contribution in [2.45, 2.75) is 13.0 Å². The van der Waals surface area contributed by atoms with E-state index in [2.05, 4.69) is 16.0 Å². The van der Waals surface area contributed by atoms with Gasteiger partial charge in [-0.3, -0.25) is 25.1 Å². The molecule has 0 radical (unpaired) electrons. The zero-order valence-electron chi connectivity index (χ0n) is 15.0. The molecule has 28 heavy (non-hydrogen) atoms. The Morgan fingerprint density at radius 2 is 1.75 bits per heavy atom. The third-order valence-corrected chi connectivity index (χ3v) is 3.87. The van der Waals surface area contributed by atoms with Gasteiger partial charge in [-0.1, -0.05) is 42.5 Å². The molecule has 2 amide bonds. The number of carbonyl (C=O) groups excluding carboxylic acids is 2. The van der Waals surface area contributed by atoms with Crippen LogP contribution in [0.1, 0.15) is 16.7 Å². The van der Waals surface area contributed by atoms with E-state index >= 15 is 0 Å². The summed E-state index contributed by atoms with van der Waals surface area (Å²) in [4.78, 5) is 23.6. The normalized spacial score (nSPS) is 10.8. The Kier molecular flexibility index (Phi) is 6.30. The van der Waals surface area contributed by atoms with Crippen LogP contribution >= 0.6 is 0 Å². The number of hydrogen-bond donors (Lipinski definition) is 2. The fourth-order valence-electron chi connectivity index (χ4n) is 2.50. The zero-order valence-corrected chi connectivity index (χ0v) is 15.0. The first-order valence-electron chi connectivity index (χ1n) is 8.66. The second-order valence-electron chi connectivity index (χ2n) is 6.13. The number of hydrazine groups is 1. The van der Waals surface area contributed by atoms with E-state index < -0.39 is 11.8 Å². The van der Waals surface area contributed by atoms with Crippen molar-refractivity contribution in [3.63, 3.8) is 0 Å². The van der Waals surface area contributed by atoms with Gasteiger partial charge in [-0.05, 0) is 29.3 Å². The standard InChI is InChI=1S/C21H19FN4O2/c22-19-9-6-16(7-10-19)12-21(28)25-24-20(27)11-8-18-13-23-26(15-18)14-17-4-2-1-3-5-17/h1-11,13,15H,12,14H2,(H,24,27)(H,25,28)/b11-8+. The van der Waals surface area contributed by atoms with Crippen molar-refractivity contribution in [1.29, 1.82) is 0 Å². The number of nitrogens with one attached hydrogen (secondary N) is 2. The van der Waals surface area contributed by atoms with Crippen molar-refractivity contribution in [2.75, 3.05) is 0 Å². The van der Waals surface area contributed by atoms with Crippen LogP contribution in [0.4, 0.5) is 4.39 Å². The molecule has 7 heteroatoms. The van der Waals surface area contributed by atoms with Crippen LogP contribution in [0.3, 0.4) is 0 Å². The average Bonchev–Trinajstić information content (AvgIpc) is 3.15. The highest BCUT2D eigenvalue weighted by atomic mass is 19.1. The number of hydrogen-bond acceptors (Lipinski definition) is 3. The van der Waals surface area contributed by atoms with E-state index in [1.54, 1.807) is 17.0 Å². The number of amides is 2. The van der Waals surface area contributed by atoms with Crippen LogP contribution in [0, 0.1) is 5.82 Å². The topological polar surface area (TPSA) is 76.0 Å². The van der Waals surface area contributed by atoms with E-state index in [9.17, 15) is 14.0 Å². The molecule has 2 aromatic carbocycles. The van der Waals surface area contributed by atoms with Crippen LogP contribution in [-0.4, -0.2) is 21.6 Å². The Balaban J connectivity index is 1.44. The molecule has 0 aliphatic heterocycles. The largest absolute Gasteiger partial charge is 0.273 e. The summed E-state index contributed by atoms with van der Waals surface area (Å²) in [6.45, 7) is 0.639. The molecular weight excluding hydrogens is 359 g/mol. The first-order chi connectivity index (χ1) is 13.6. The Labute approximate surface area is 161 Å². The van der Waals surface area contributed by atoms with Gasteiger partial charge in [-0.25, -0.2) is 4.39 Å². The first kappa shape index (κ1) is 19.0. The summed E-state index contributed by atoms with van der Waals surface area (Å²) in [6.07, 6.45) is 6.43. The van der Waals surface area contributed by atoms with E-state index in [1.165, 1.54) is 30.3 Å². The van der Waals surface area contributed by atoms with Crippen molar-refractivity contribution in [1.82, 2.24) is 20.6 Å². The smallest absolute Gasteiger partial charge is 0.262 e. The van der Waals surface area contributed by atoms with E-state index in [4.69, 9.17) is 0 Å². The van der Waals surface area contributed by atoms with Gasteiger partial charge in [0.15, 0.2) is 0 Å². The summed E-state index contributed by atoms with van der Waals surface area (Å²) in [5.41, 5.74) is 7.16. The number of carbonyl (C=O) groups is 2. The summed E-state index contributed by atoms with van der Waals surface area (Å²) >= 11 is 0. The average molecular weight is 378 g/mol. The number of nitrogens with zero attached hydrogens (tertiary/aromatic N) is 2. The molecule has 6 nitrogen and oxygen atoms in total. The number of rotatable bonds is 6. The molecule has 0 unspecified atom stereocenters. The second-order valence-corrected chi connectivity index (χ2v) is 6.13. The summed E-state index contributed by atoms with van der Waals surface area (Å²) in [6, 6.07) is 15.5. The third kappa shape index (κ3) is 5.91. The Morgan fingerprint density at radius 3 is 2.50 bits per heavy atom. The van der Waals surface area contributed by atoms with Gasteiger partial charge in [0.1, 0.15) is 5.82 Å². The van der Waals surface area contributed by atoms with Crippen molar-refractivity contribution in [2.24, 2.45) is 0 Å². The summed E-state index contributed by atoms with van der Waals surface area (Å²) in [5.74, 6) is -1.23. The summed E-state index contributed by atoms with van der Waals surface area (Å²) in [7, 11) is 0. The number of halogens is 1. The van der Waals surface area contributed by atoms with Crippen molar-refractivity contribution >= 4 is 17.9 Å². The van der Waals surface area contributed by atoms with Crippen LogP contribution in [0.2, 0.25) is 0 Å². The lowest BCUT2D eigenvalue weighted by atomic mass is 10.1. The molecule has 0 aliphatic rings. The highest BCUT2D eigenvalue weighted by Gasteiger charge is 2.05. The van der Waals surface area contributed by atoms with E-state index in [0.717, 1.165) is 11.1 Å². The van der Waals surface area contributed by atoms with Gasteiger partial charge in [0.05, 0.1) is 19.2 Å². The molecule has 0 bridgehead atoms. The second kappa shape index (κ2) is 9.27. The molecule has 0 fully saturated rings. The number of benzene rings is 2. The van der Waals surface area contributed by atoms with Gasteiger partial charge >= 0.3 is 0 Å². The Bertz CT molecular complexity index is 966. The maximum Gasteiger partial charge on any atom is 0.262 e. The van der Waals surface area contributed by atoms with E-state index in [0.29, 0.717) is 12.1 Å². The lowest BCUT2D eigenvalue weighted by Gasteiger charge is -2.05. The molecule has 2 N–H and O–H groups in total. The Morgan fingerprint density at radius 1 is 1.00 bits per heavy atom. The molecule has 1 aromatic heterocycles. The predicted molar refractivity (Wildman–Crippen MR) is 103 cm³/mol. The minimum atomic E-state index is -0.469. The summed E-state index contributed by atoms with van der Waals surface area (Å²) < 4.78 is 14.6. The lowest BCUT2D eigenvalue weighted by Crippen LogP contribution is -2.41. The van der Waals surface area contributed by atoms with Crippen LogP contribution in [0.15, 0.2) is 73.1 Å². The first-order valence-corrected chi connectivity index (χ1v) is 8.66. The minimum absolute atomic E-state index is 0.0382. The molecule has 0 saturated carbocycles. The molecule has 0 atom stereocenters. The summed E-state index contributed by atoms with van der Waals surface area (Å²) in [5, 5.41) is 4.25. The Hall–Kier alpha value is -3.74. The van der Waals surface area contributed by atoms with Gasteiger partial charge in [-0.15, -0.1) is 0 Å². The highest BCUT2D eigenvalue weighted by Crippen LogP contribution is 2.05. The molecule has 0 aliphatic carbocycles. The van der Waals surface area contributed by atoms with Gasteiger partial charge in [0.2, 0.25) is 5.91 Å². The van der Waals surface area contributed by atoms with Crippen molar-refractivity contribution < 1.29 is 14.0 Å². The van der Waals surface area contributed by atoms with Crippen LogP contribution in [0.5, 0.6) is 0 Å². The molecular formula is C21H19FN4O2. The van der Waals surface area contributed by atoms with Gasteiger partial charge < -0.3 is 0 Å². The molecule has 3 rings (SSSR count). The minimum Gasteiger partial charge on any atom is -0.273 e. The van der Waals surface area contributed by atoms with Crippen LogP contribution < -0.4 is 10.9 Å². The van der Waals surface area contributed by atoms with Gasteiger partial charge in [0, 0.05) is 17.8 Å². The SMILES string of the molecule is O=C(/C=C/c1cnn(Cc2ccccc2)c1)NNC(=O)Cc1ccc(F)cc1. The third-order valence-electron chi connectivity index (χ3n) is 3.87.